The number of benzene rings is 1. The number of aryl methyl sites for hydroxylation is 1. The van der Waals surface area contributed by atoms with Gasteiger partial charge in [-0.1, -0.05) is 0 Å². The Bertz CT molecular complexity index is 572. The van der Waals surface area contributed by atoms with Crippen LogP contribution in [0.15, 0.2) is 18.5 Å². The van der Waals surface area contributed by atoms with Crippen LogP contribution in [0.25, 0.3) is 5.69 Å². The minimum Gasteiger partial charge on any atom is -0.298 e. The lowest BCUT2D eigenvalue weighted by Crippen LogP contribution is -2.16. The SMILES string of the molecule is Cc1ncn(-c2ccc(C=O)c3c2CC3)n1. The quantitative estimate of drug-likeness (QED) is 0.710. The van der Waals surface area contributed by atoms with Crippen molar-refractivity contribution in [1.29, 1.82) is 0 Å². The van der Waals surface area contributed by atoms with Gasteiger partial charge in [0, 0.05) is 5.56 Å². The summed E-state index contributed by atoms with van der Waals surface area (Å²) in [5, 5.41) is 4.29. The van der Waals surface area contributed by atoms with E-state index in [1.807, 2.05) is 19.1 Å². The molecule has 0 saturated carbocycles. The molecule has 1 aliphatic carbocycles. The first kappa shape index (κ1) is 9.27. The minimum atomic E-state index is 0.757. The molecular weight excluding hydrogens is 202 g/mol. The molecular formula is C12H11N3O. The molecule has 1 aromatic carbocycles. The molecule has 0 unspecified atom stereocenters. The second kappa shape index (κ2) is 3.27. The molecule has 3 rings (SSSR count). The van der Waals surface area contributed by atoms with Crippen LogP contribution in [0, 0.1) is 6.92 Å². The molecule has 0 fully saturated rings. The summed E-state index contributed by atoms with van der Waals surface area (Å²) < 4.78 is 1.78. The Hall–Kier alpha value is -1.97. The number of fused-ring (bicyclic) bond motifs is 1. The molecule has 16 heavy (non-hydrogen) atoms. The number of nitrogens with zero attached hydrogens (tertiary/aromatic N) is 3. The zero-order chi connectivity index (χ0) is 11.1. The van der Waals surface area contributed by atoms with Crippen molar-refractivity contribution in [2.24, 2.45) is 0 Å². The zero-order valence-electron chi connectivity index (χ0n) is 8.97. The van der Waals surface area contributed by atoms with Gasteiger partial charge in [0.15, 0.2) is 0 Å². The Labute approximate surface area is 92.9 Å². The van der Waals surface area contributed by atoms with Crippen molar-refractivity contribution in [3.05, 3.63) is 41.0 Å². The summed E-state index contributed by atoms with van der Waals surface area (Å²) in [5.74, 6) is 0.757. The third kappa shape index (κ3) is 1.19. The number of aromatic nitrogens is 3. The van der Waals surface area contributed by atoms with E-state index in [-0.39, 0.29) is 0 Å². The van der Waals surface area contributed by atoms with Crippen molar-refractivity contribution < 1.29 is 4.79 Å². The van der Waals surface area contributed by atoms with Crippen molar-refractivity contribution in [2.75, 3.05) is 0 Å². The van der Waals surface area contributed by atoms with E-state index in [4.69, 9.17) is 0 Å². The topological polar surface area (TPSA) is 47.8 Å². The van der Waals surface area contributed by atoms with Crippen molar-refractivity contribution in [2.45, 2.75) is 19.8 Å². The van der Waals surface area contributed by atoms with Gasteiger partial charge in [-0.15, -0.1) is 0 Å². The van der Waals surface area contributed by atoms with E-state index in [1.54, 1.807) is 11.0 Å². The average molecular weight is 213 g/mol. The van der Waals surface area contributed by atoms with Crippen molar-refractivity contribution in [3.63, 3.8) is 0 Å². The Morgan fingerprint density at radius 1 is 1.31 bits per heavy atom. The van der Waals surface area contributed by atoms with E-state index < -0.39 is 0 Å². The lowest BCUT2D eigenvalue weighted by Gasteiger charge is -2.23. The van der Waals surface area contributed by atoms with Gasteiger partial charge in [-0.05, 0) is 43.0 Å². The van der Waals surface area contributed by atoms with Crippen LogP contribution in [0.3, 0.4) is 0 Å². The smallest absolute Gasteiger partial charge is 0.150 e. The lowest BCUT2D eigenvalue weighted by atomic mass is 9.84. The second-order valence-electron chi connectivity index (χ2n) is 3.99. The molecule has 0 N–H and O–H groups in total. The summed E-state index contributed by atoms with van der Waals surface area (Å²) in [6, 6.07) is 3.80. The van der Waals surface area contributed by atoms with Crippen LogP contribution in [0.1, 0.15) is 27.3 Å². The highest BCUT2D eigenvalue weighted by atomic mass is 16.1. The van der Waals surface area contributed by atoms with E-state index in [0.717, 1.165) is 36.2 Å². The first-order valence-corrected chi connectivity index (χ1v) is 5.28. The average Bonchev–Trinajstić information content (AvgIpc) is 2.65. The maximum absolute atomic E-state index is 10.8. The number of aldehydes is 1. The van der Waals surface area contributed by atoms with Crippen LogP contribution in [-0.4, -0.2) is 21.1 Å². The Morgan fingerprint density at radius 2 is 2.12 bits per heavy atom. The van der Waals surface area contributed by atoms with E-state index in [9.17, 15) is 4.79 Å². The molecule has 1 heterocycles. The molecule has 4 heteroatoms. The first-order valence-electron chi connectivity index (χ1n) is 5.28. The molecule has 0 aliphatic heterocycles. The molecule has 0 atom stereocenters. The largest absolute Gasteiger partial charge is 0.298 e. The van der Waals surface area contributed by atoms with Crippen molar-refractivity contribution in [3.8, 4) is 5.69 Å². The van der Waals surface area contributed by atoms with Gasteiger partial charge in [0.1, 0.15) is 18.4 Å². The fourth-order valence-corrected chi connectivity index (χ4v) is 2.13. The van der Waals surface area contributed by atoms with E-state index >= 15 is 0 Å². The lowest BCUT2D eigenvalue weighted by molar-refractivity contribution is 0.112. The summed E-state index contributed by atoms with van der Waals surface area (Å²) in [5.41, 5.74) is 4.25. The highest BCUT2D eigenvalue weighted by Gasteiger charge is 2.21. The van der Waals surface area contributed by atoms with Crippen molar-refractivity contribution in [1.82, 2.24) is 14.8 Å². The van der Waals surface area contributed by atoms with Crippen LogP contribution in [0.4, 0.5) is 0 Å². The first-order chi connectivity index (χ1) is 7.79. The molecule has 2 aromatic rings. The summed E-state index contributed by atoms with van der Waals surface area (Å²) >= 11 is 0. The van der Waals surface area contributed by atoms with Crippen LogP contribution >= 0.6 is 0 Å². The Kier molecular flexibility index (Phi) is 1.89. The summed E-state index contributed by atoms with van der Waals surface area (Å²) in [6.07, 6.45) is 4.65. The highest BCUT2D eigenvalue weighted by molar-refractivity contribution is 5.80. The summed E-state index contributed by atoms with van der Waals surface area (Å²) in [7, 11) is 0. The Morgan fingerprint density at radius 3 is 2.69 bits per heavy atom. The van der Waals surface area contributed by atoms with Gasteiger partial charge in [-0.2, -0.15) is 5.10 Å². The minimum absolute atomic E-state index is 0.757. The van der Waals surface area contributed by atoms with Gasteiger partial charge >= 0.3 is 0 Å². The highest BCUT2D eigenvalue weighted by Crippen LogP contribution is 2.31. The standard InChI is InChI=1S/C12H11N3O/c1-8-13-7-15(14-8)12-5-2-9(6-16)10-3-4-11(10)12/h2,5-7H,3-4H2,1H3. The van der Waals surface area contributed by atoms with Crippen LogP contribution in [0.2, 0.25) is 0 Å². The van der Waals surface area contributed by atoms with Gasteiger partial charge in [-0.25, -0.2) is 9.67 Å². The molecule has 0 amide bonds. The van der Waals surface area contributed by atoms with Crippen LogP contribution < -0.4 is 0 Å². The van der Waals surface area contributed by atoms with Gasteiger partial charge in [0.25, 0.3) is 0 Å². The van der Waals surface area contributed by atoms with Crippen LogP contribution in [0.5, 0.6) is 0 Å². The molecule has 0 bridgehead atoms. The summed E-state index contributed by atoms with van der Waals surface area (Å²) in [6.45, 7) is 1.86. The van der Waals surface area contributed by atoms with Gasteiger partial charge in [-0.3, -0.25) is 4.79 Å². The number of hydrogen-bond acceptors (Lipinski definition) is 3. The van der Waals surface area contributed by atoms with E-state index in [1.165, 1.54) is 11.1 Å². The maximum Gasteiger partial charge on any atom is 0.150 e. The van der Waals surface area contributed by atoms with Crippen molar-refractivity contribution >= 4 is 6.29 Å². The van der Waals surface area contributed by atoms with Gasteiger partial charge < -0.3 is 0 Å². The normalized spacial score (nSPS) is 13.1. The molecule has 0 saturated heterocycles. The number of hydrogen-bond donors (Lipinski definition) is 0. The zero-order valence-corrected chi connectivity index (χ0v) is 8.97. The van der Waals surface area contributed by atoms with E-state index in [0.29, 0.717) is 0 Å². The van der Waals surface area contributed by atoms with Gasteiger partial charge in [0.2, 0.25) is 0 Å². The van der Waals surface area contributed by atoms with Gasteiger partial charge in [0.05, 0.1) is 5.69 Å². The monoisotopic (exact) mass is 213 g/mol. The number of carbonyl (C=O) groups is 1. The molecule has 4 nitrogen and oxygen atoms in total. The Balaban J connectivity index is 2.16. The summed E-state index contributed by atoms with van der Waals surface area (Å²) in [4.78, 5) is 14.9. The second-order valence-corrected chi connectivity index (χ2v) is 3.99. The molecule has 1 aliphatic rings. The number of carbonyl (C=O) groups excluding carboxylic acids is 1. The maximum atomic E-state index is 10.8. The molecule has 0 spiro atoms. The predicted octanol–water partition coefficient (Wildman–Crippen LogP) is 1.49. The fourth-order valence-electron chi connectivity index (χ4n) is 2.13. The van der Waals surface area contributed by atoms with Crippen LogP contribution in [-0.2, 0) is 12.8 Å². The third-order valence-electron chi connectivity index (χ3n) is 3.05. The van der Waals surface area contributed by atoms with E-state index in [2.05, 4.69) is 10.1 Å². The predicted molar refractivity (Wildman–Crippen MR) is 58.9 cm³/mol. The molecule has 80 valence electrons. The number of rotatable bonds is 2. The molecule has 1 aromatic heterocycles. The molecule has 0 radical (unpaired) electrons. The fraction of sp³-hybridized carbons (Fsp3) is 0.250. The third-order valence-corrected chi connectivity index (χ3v) is 3.05.